The van der Waals surface area contributed by atoms with E-state index >= 15 is 0 Å². The molecule has 220 valence electrons. The molecule has 0 bridgehead atoms. The third kappa shape index (κ3) is 8.16. The Morgan fingerprint density at radius 1 is 0.902 bits per heavy atom. The maximum absolute atomic E-state index is 12.2. The number of ether oxygens (including phenoxy) is 4. The maximum Gasteiger partial charge on any atom is 0.310 e. The van der Waals surface area contributed by atoms with Gasteiger partial charge in [-0.2, -0.15) is 0 Å². The Balaban J connectivity index is 2.08. The van der Waals surface area contributed by atoms with Gasteiger partial charge in [0.25, 0.3) is 0 Å². The van der Waals surface area contributed by atoms with Gasteiger partial charge in [0.05, 0.1) is 11.5 Å². The molecule has 0 radical (unpaired) electrons. The van der Waals surface area contributed by atoms with Crippen molar-refractivity contribution in [3.05, 3.63) is 68.2 Å². The monoisotopic (exact) mass is 591 g/mol. The highest BCUT2D eigenvalue weighted by molar-refractivity contribution is 6.31. The Morgan fingerprint density at radius 2 is 1.51 bits per heavy atom. The zero-order valence-corrected chi connectivity index (χ0v) is 23.6. The summed E-state index contributed by atoms with van der Waals surface area (Å²) < 4.78 is 22.0. The number of nitrogens with zero attached hydrogens (tertiary/aromatic N) is 1. The first kappa shape index (κ1) is 31.3. The van der Waals surface area contributed by atoms with Crippen molar-refractivity contribution < 1.29 is 48.2 Å². The number of phenolic OH excluding ortho intramolecular Hbond substituents is 1. The van der Waals surface area contributed by atoms with E-state index in [1.165, 1.54) is 39.0 Å². The van der Waals surface area contributed by atoms with E-state index in [4.69, 9.17) is 30.5 Å². The smallest absolute Gasteiger partial charge is 0.310 e. The predicted molar refractivity (Wildman–Crippen MR) is 143 cm³/mol. The molecule has 0 amide bonds. The highest BCUT2D eigenvalue weighted by Crippen LogP contribution is 2.43. The Labute approximate surface area is 240 Å². The zero-order chi connectivity index (χ0) is 30.4. The summed E-state index contributed by atoms with van der Waals surface area (Å²) in [5.74, 6) is -4.33. The summed E-state index contributed by atoms with van der Waals surface area (Å²) in [5.41, 5.74) is 1.25. The zero-order valence-electron chi connectivity index (χ0n) is 22.8. The van der Waals surface area contributed by atoms with Crippen LogP contribution in [0.1, 0.15) is 56.7 Å². The van der Waals surface area contributed by atoms with Gasteiger partial charge in [0, 0.05) is 50.6 Å². The van der Waals surface area contributed by atoms with Crippen LogP contribution >= 0.6 is 11.6 Å². The fraction of sp³-hybridized carbons (Fsp3) is 0.429. The minimum absolute atomic E-state index is 0.161. The number of phenols is 1. The molecule has 13 heteroatoms. The first-order valence-electron chi connectivity index (χ1n) is 12.7. The number of aromatic hydroxyl groups is 1. The van der Waals surface area contributed by atoms with Crippen LogP contribution in [0.25, 0.3) is 0 Å². The molecular formula is C28H30ClNO11. The molecule has 0 saturated heterocycles. The third-order valence-electron chi connectivity index (χ3n) is 6.60. The van der Waals surface area contributed by atoms with Gasteiger partial charge in [-0.15, -0.1) is 0 Å². The lowest BCUT2D eigenvalue weighted by molar-refractivity contribution is -0.385. The van der Waals surface area contributed by atoms with Gasteiger partial charge in [0.1, 0.15) is 12.2 Å². The molecule has 2 aromatic carbocycles. The molecule has 1 aliphatic rings. The highest BCUT2D eigenvalue weighted by Gasteiger charge is 2.51. The van der Waals surface area contributed by atoms with E-state index in [-0.39, 0.29) is 19.4 Å². The van der Waals surface area contributed by atoms with Crippen LogP contribution in [-0.4, -0.2) is 58.8 Å². The van der Waals surface area contributed by atoms with Crippen molar-refractivity contribution in [1.82, 2.24) is 0 Å². The Kier molecular flexibility index (Phi) is 10.3. The largest absolute Gasteiger partial charge is 0.502 e. The predicted octanol–water partition coefficient (Wildman–Crippen LogP) is 4.01. The summed E-state index contributed by atoms with van der Waals surface area (Å²) >= 11 is 6.48. The Hall–Kier alpha value is -4.19. The van der Waals surface area contributed by atoms with E-state index in [1.54, 1.807) is 18.2 Å². The summed E-state index contributed by atoms with van der Waals surface area (Å²) in [6.07, 6.45) is -3.02. The summed E-state index contributed by atoms with van der Waals surface area (Å²) in [6, 6.07) is 9.06. The molecule has 41 heavy (non-hydrogen) atoms. The van der Waals surface area contributed by atoms with Crippen molar-refractivity contribution >= 4 is 41.2 Å². The number of hydrogen-bond acceptors (Lipinski definition) is 11. The van der Waals surface area contributed by atoms with E-state index < -0.39 is 70.4 Å². The average Bonchev–Trinajstić information content (AvgIpc) is 2.86. The number of nitro benzene ring substituents is 1. The number of carbonyl (C=O) groups is 4. The van der Waals surface area contributed by atoms with Gasteiger partial charge in [0.2, 0.25) is 0 Å². The first-order valence-corrected chi connectivity index (χ1v) is 13.0. The number of esters is 4. The molecule has 2 aromatic rings. The quantitative estimate of drug-likeness (QED) is 0.193. The molecular weight excluding hydrogens is 562 g/mol. The van der Waals surface area contributed by atoms with Crippen molar-refractivity contribution in [3.63, 3.8) is 0 Å². The SMILES string of the molecule is CC(=O)OC[C@H]1C[C@@H](c2ccc(Cl)c(Cc3ccc(O)c([N+](=O)[O-])c3)c2)[C@H](OC(C)=O)[C@@H](OC(C)=O)[C@@H]1OC(C)=O. The molecule has 0 heterocycles. The molecule has 0 aliphatic heterocycles. The third-order valence-corrected chi connectivity index (χ3v) is 6.97. The molecule has 5 atom stereocenters. The summed E-state index contributed by atoms with van der Waals surface area (Å²) in [4.78, 5) is 58.5. The van der Waals surface area contributed by atoms with Gasteiger partial charge in [-0.05, 0) is 41.7 Å². The molecule has 1 saturated carbocycles. The molecule has 1 aliphatic carbocycles. The van der Waals surface area contributed by atoms with E-state index in [9.17, 15) is 34.4 Å². The lowest BCUT2D eigenvalue weighted by Gasteiger charge is -2.44. The molecule has 3 rings (SSSR count). The van der Waals surface area contributed by atoms with E-state index in [1.807, 2.05) is 0 Å². The standard InChI is InChI=1S/C28H30ClNO11/c1-14(31)38-13-21-12-22(27(40-16(3)33)28(41-17(4)34)26(21)39-15(2)32)19-6-7-23(29)20(11-19)9-18-5-8-25(35)24(10-18)30(36)37/h5-8,10-11,21-22,26-28,35H,9,12-13H2,1-4H3/t21-,22+,26-,27+,28+/m1/s1. The van der Waals surface area contributed by atoms with E-state index in [2.05, 4.69) is 0 Å². The highest BCUT2D eigenvalue weighted by atomic mass is 35.5. The first-order chi connectivity index (χ1) is 19.3. The summed E-state index contributed by atoms with van der Waals surface area (Å²) in [7, 11) is 0. The molecule has 12 nitrogen and oxygen atoms in total. The van der Waals surface area contributed by atoms with Crippen LogP contribution in [-0.2, 0) is 44.5 Å². The van der Waals surface area contributed by atoms with Crippen LogP contribution in [0.4, 0.5) is 5.69 Å². The van der Waals surface area contributed by atoms with Crippen LogP contribution in [0.15, 0.2) is 36.4 Å². The summed E-state index contributed by atoms with van der Waals surface area (Å²) in [6.45, 7) is 4.60. The maximum atomic E-state index is 12.2. The van der Waals surface area contributed by atoms with Crippen LogP contribution in [0, 0.1) is 16.0 Å². The summed E-state index contributed by atoms with van der Waals surface area (Å²) in [5, 5.41) is 21.4. The number of hydrogen-bond donors (Lipinski definition) is 1. The van der Waals surface area contributed by atoms with E-state index in [0.717, 1.165) is 6.92 Å². The van der Waals surface area contributed by atoms with Gasteiger partial charge in [-0.1, -0.05) is 29.8 Å². The van der Waals surface area contributed by atoms with Crippen LogP contribution in [0.5, 0.6) is 5.75 Å². The number of halogens is 1. The van der Waals surface area contributed by atoms with Gasteiger partial charge in [-0.3, -0.25) is 29.3 Å². The van der Waals surface area contributed by atoms with Crippen LogP contribution in [0.3, 0.4) is 0 Å². The normalized spacial score (nSPS) is 21.8. The van der Waals surface area contributed by atoms with Crippen LogP contribution < -0.4 is 0 Å². The second kappa shape index (κ2) is 13.4. The van der Waals surface area contributed by atoms with Gasteiger partial charge >= 0.3 is 29.6 Å². The minimum atomic E-state index is -1.22. The lowest BCUT2D eigenvalue weighted by atomic mass is 9.72. The van der Waals surface area contributed by atoms with Gasteiger partial charge in [0.15, 0.2) is 11.9 Å². The number of rotatable bonds is 9. The number of carbonyl (C=O) groups excluding carboxylic acids is 4. The fourth-order valence-electron chi connectivity index (χ4n) is 5.02. The number of benzene rings is 2. The molecule has 0 unspecified atom stereocenters. The minimum Gasteiger partial charge on any atom is -0.502 e. The molecule has 1 fully saturated rings. The van der Waals surface area contributed by atoms with Crippen LogP contribution in [0.2, 0.25) is 5.02 Å². The molecule has 0 spiro atoms. The average molecular weight is 592 g/mol. The van der Waals surface area contributed by atoms with Crippen molar-refractivity contribution in [2.45, 2.75) is 64.8 Å². The fourth-order valence-corrected chi connectivity index (χ4v) is 5.20. The van der Waals surface area contributed by atoms with Gasteiger partial charge in [-0.25, -0.2) is 0 Å². The van der Waals surface area contributed by atoms with Crippen molar-refractivity contribution in [3.8, 4) is 5.75 Å². The van der Waals surface area contributed by atoms with Crippen molar-refractivity contribution in [1.29, 1.82) is 0 Å². The van der Waals surface area contributed by atoms with E-state index in [0.29, 0.717) is 21.7 Å². The van der Waals surface area contributed by atoms with Crippen molar-refractivity contribution in [2.24, 2.45) is 5.92 Å². The lowest BCUT2D eigenvalue weighted by Crippen LogP contribution is -2.56. The second-order valence-corrected chi connectivity index (χ2v) is 10.1. The topological polar surface area (TPSA) is 169 Å². The Morgan fingerprint density at radius 3 is 2.10 bits per heavy atom. The van der Waals surface area contributed by atoms with Gasteiger partial charge < -0.3 is 24.1 Å². The Bertz CT molecular complexity index is 1340. The molecule has 1 N–H and O–H groups in total. The van der Waals surface area contributed by atoms with Crippen molar-refractivity contribution in [2.75, 3.05) is 6.61 Å². The molecule has 0 aromatic heterocycles. The second-order valence-electron chi connectivity index (χ2n) is 9.73. The number of nitro groups is 1.